The predicted octanol–water partition coefficient (Wildman–Crippen LogP) is 3.94. The largest absolute Gasteiger partial charge is 0.465 e. The van der Waals surface area contributed by atoms with Crippen LogP contribution in [0.5, 0.6) is 0 Å². The summed E-state index contributed by atoms with van der Waals surface area (Å²) in [4.78, 5) is 11.2. The van der Waals surface area contributed by atoms with Crippen LogP contribution in [0.1, 0.15) is 59.3 Å². The van der Waals surface area contributed by atoms with E-state index in [4.69, 9.17) is 10.2 Å². The molecule has 1 rings (SSSR count). The lowest BCUT2D eigenvalue weighted by molar-refractivity contribution is 0.115. The van der Waals surface area contributed by atoms with E-state index in [1.807, 2.05) is 0 Å². The fourth-order valence-corrected chi connectivity index (χ4v) is 4.46. The number of hydrogen-bond acceptors (Lipinski definition) is 3. The summed E-state index contributed by atoms with van der Waals surface area (Å²) < 4.78 is 6.44. The molecule has 1 saturated carbocycles. The zero-order valence-electron chi connectivity index (χ0n) is 15.5. The molecule has 0 aliphatic heterocycles. The van der Waals surface area contributed by atoms with Crippen LogP contribution in [0.15, 0.2) is 0 Å². The lowest BCUT2D eigenvalue weighted by Gasteiger charge is -2.41. The maximum absolute atomic E-state index is 11.2. The lowest BCUT2D eigenvalue weighted by atomic mass is 9.83. The van der Waals surface area contributed by atoms with Gasteiger partial charge in [0.1, 0.15) is 0 Å². The van der Waals surface area contributed by atoms with E-state index in [-0.39, 0.29) is 17.2 Å². The molecule has 136 valence electrons. The van der Waals surface area contributed by atoms with Crippen molar-refractivity contribution in [1.29, 1.82) is 0 Å². The number of hydrogen-bond donors (Lipinski definition) is 3. The van der Waals surface area contributed by atoms with Gasteiger partial charge in [-0.2, -0.15) is 0 Å². The normalized spacial score (nSPS) is 20.1. The third-order valence-electron chi connectivity index (χ3n) is 5.55. The van der Waals surface area contributed by atoms with Crippen molar-refractivity contribution < 1.29 is 14.3 Å². The molecule has 0 spiro atoms. The molecule has 0 aromatic heterocycles. The maximum atomic E-state index is 11.2. The third kappa shape index (κ3) is 6.43. The summed E-state index contributed by atoms with van der Waals surface area (Å²) in [5.41, 5.74) is 5.97. The van der Waals surface area contributed by atoms with Gasteiger partial charge in [-0.05, 0) is 30.5 Å². The van der Waals surface area contributed by atoms with E-state index in [9.17, 15) is 9.90 Å². The SMILES string of the molecule is CC(C)(C)[Si](C)(C)O[C@@H](CN)[C@H](CC1CCCCC1)NC(=O)O. The van der Waals surface area contributed by atoms with E-state index in [0.29, 0.717) is 12.5 Å². The molecule has 23 heavy (non-hydrogen) atoms. The lowest BCUT2D eigenvalue weighted by Crippen LogP contribution is -2.54. The van der Waals surface area contributed by atoms with Crippen LogP contribution in [0.25, 0.3) is 0 Å². The van der Waals surface area contributed by atoms with Crippen molar-refractivity contribution in [2.75, 3.05) is 6.54 Å². The summed E-state index contributed by atoms with van der Waals surface area (Å²) in [7, 11) is -1.98. The first-order valence-electron chi connectivity index (χ1n) is 8.94. The molecule has 1 amide bonds. The summed E-state index contributed by atoms with van der Waals surface area (Å²) in [6.45, 7) is 11.3. The molecule has 0 aromatic rings. The Hall–Kier alpha value is -0.593. The van der Waals surface area contributed by atoms with Gasteiger partial charge in [0.25, 0.3) is 0 Å². The molecular weight excluding hydrogens is 308 g/mol. The van der Waals surface area contributed by atoms with Crippen LogP contribution in [-0.4, -0.2) is 38.2 Å². The Kier molecular flexibility index (Phi) is 7.55. The molecule has 0 heterocycles. The Bertz CT molecular complexity index is 377. The van der Waals surface area contributed by atoms with Gasteiger partial charge in [0, 0.05) is 6.54 Å². The Morgan fingerprint density at radius 3 is 2.30 bits per heavy atom. The summed E-state index contributed by atoms with van der Waals surface area (Å²) in [5.74, 6) is 0.581. The molecule has 0 bridgehead atoms. The zero-order chi connectivity index (χ0) is 17.7. The smallest absolute Gasteiger partial charge is 0.404 e. The van der Waals surface area contributed by atoms with Gasteiger partial charge in [-0.25, -0.2) is 4.79 Å². The number of nitrogens with two attached hydrogens (primary N) is 1. The molecule has 2 atom stereocenters. The van der Waals surface area contributed by atoms with E-state index >= 15 is 0 Å². The van der Waals surface area contributed by atoms with Gasteiger partial charge >= 0.3 is 6.09 Å². The second-order valence-corrected chi connectivity index (χ2v) is 13.2. The topological polar surface area (TPSA) is 84.6 Å². The molecule has 0 aromatic carbocycles. The molecule has 1 aliphatic carbocycles. The minimum Gasteiger partial charge on any atom is -0.465 e. The molecule has 6 heteroatoms. The molecular formula is C17H36N2O3Si. The van der Waals surface area contributed by atoms with Crippen LogP contribution in [0.4, 0.5) is 4.79 Å². The van der Waals surface area contributed by atoms with Crippen LogP contribution in [-0.2, 0) is 4.43 Å². The highest BCUT2D eigenvalue weighted by atomic mass is 28.4. The van der Waals surface area contributed by atoms with Gasteiger partial charge in [-0.1, -0.05) is 52.9 Å². The second kappa shape index (κ2) is 8.49. The maximum Gasteiger partial charge on any atom is 0.404 e. The summed E-state index contributed by atoms with van der Waals surface area (Å²) >= 11 is 0. The quantitative estimate of drug-likeness (QED) is 0.611. The Balaban J connectivity index is 2.81. The van der Waals surface area contributed by atoms with Crippen molar-refractivity contribution in [2.24, 2.45) is 11.7 Å². The van der Waals surface area contributed by atoms with Crippen molar-refractivity contribution in [3.63, 3.8) is 0 Å². The van der Waals surface area contributed by atoms with Gasteiger partial charge < -0.3 is 20.6 Å². The number of carboxylic acid groups (broad SMARTS) is 1. The van der Waals surface area contributed by atoms with E-state index < -0.39 is 14.4 Å². The molecule has 0 saturated heterocycles. The van der Waals surface area contributed by atoms with Gasteiger partial charge in [0.05, 0.1) is 12.1 Å². The highest BCUT2D eigenvalue weighted by molar-refractivity contribution is 6.74. The van der Waals surface area contributed by atoms with E-state index in [1.54, 1.807) is 0 Å². The highest BCUT2D eigenvalue weighted by Gasteiger charge is 2.41. The van der Waals surface area contributed by atoms with Crippen LogP contribution < -0.4 is 11.1 Å². The minimum atomic E-state index is -1.98. The molecule has 5 nitrogen and oxygen atoms in total. The monoisotopic (exact) mass is 344 g/mol. The minimum absolute atomic E-state index is 0.0824. The highest BCUT2D eigenvalue weighted by Crippen LogP contribution is 2.38. The van der Waals surface area contributed by atoms with Crippen molar-refractivity contribution in [3.05, 3.63) is 0 Å². The Labute approximate surface area is 142 Å². The summed E-state index contributed by atoms with van der Waals surface area (Å²) in [6, 6.07) is -0.213. The number of nitrogens with one attached hydrogen (secondary N) is 1. The van der Waals surface area contributed by atoms with Crippen molar-refractivity contribution >= 4 is 14.4 Å². The number of amides is 1. The van der Waals surface area contributed by atoms with E-state index in [1.165, 1.54) is 32.1 Å². The summed E-state index contributed by atoms with van der Waals surface area (Å²) in [5, 5.41) is 12.0. The van der Waals surface area contributed by atoms with Gasteiger partial charge in [-0.15, -0.1) is 0 Å². The van der Waals surface area contributed by atoms with Crippen LogP contribution in [0.3, 0.4) is 0 Å². The first kappa shape index (κ1) is 20.5. The first-order valence-corrected chi connectivity index (χ1v) is 11.8. The Morgan fingerprint density at radius 1 is 1.30 bits per heavy atom. The van der Waals surface area contributed by atoms with Gasteiger partial charge in [0.2, 0.25) is 0 Å². The standard InChI is InChI=1S/C17H36N2O3Si/c1-17(2,3)23(4,5)22-15(12-18)14(19-16(20)21)11-13-9-7-6-8-10-13/h13-15,19H,6-12,18H2,1-5H3,(H,20,21)/t14-,15-/m0/s1. The molecule has 1 fully saturated rings. The van der Waals surface area contributed by atoms with Crippen molar-refractivity contribution in [2.45, 2.75) is 89.6 Å². The van der Waals surface area contributed by atoms with Gasteiger partial charge in [-0.3, -0.25) is 0 Å². The van der Waals surface area contributed by atoms with Crippen LogP contribution in [0.2, 0.25) is 18.1 Å². The molecule has 4 N–H and O–H groups in total. The number of carbonyl (C=O) groups is 1. The molecule has 0 unspecified atom stereocenters. The fourth-order valence-electron chi connectivity index (χ4n) is 3.09. The van der Waals surface area contributed by atoms with Gasteiger partial charge in [0.15, 0.2) is 8.32 Å². The van der Waals surface area contributed by atoms with Crippen molar-refractivity contribution in [3.8, 4) is 0 Å². The second-order valence-electron chi connectivity index (χ2n) is 8.45. The van der Waals surface area contributed by atoms with E-state index in [2.05, 4.69) is 39.2 Å². The van der Waals surface area contributed by atoms with E-state index in [0.717, 1.165) is 6.42 Å². The zero-order valence-corrected chi connectivity index (χ0v) is 16.5. The average molecular weight is 345 g/mol. The predicted molar refractivity (Wildman–Crippen MR) is 97.3 cm³/mol. The first-order chi connectivity index (χ1) is 10.6. The number of rotatable bonds is 7. The van der Waals surface area contributed by atoms with Crippen LogP contribution >= 0.6 is 0 Å². The van der Waals surface area contributed by atoms with Crippen LogP contribution in [0, 0.1) is 5.92 Å². The molecule has 0 radical (unpaired) electrons. The molecule has 1 aliphatic rings. The summed E-state index contributed by atoms with van der Waals surface area (Å²) in [6.07, 6.45) is 5.79. The average Bonchev–Trinajstić information content (AvgIpc) is 2.43. The Morgan fingerprint density at radius 2 is 1.87 bits per heavy atom. The van der Waals surface area contributed by atoms with Crippen molar-refractivity contribution in [1.82, 2.24) is 5.32 Å². The fraction of sp³-hybridized carbons (Fsp3) is 0.941. The third-order valence-corrected chi connectivity index (χ3v) is 10.1.